The molecule has 0 bridgehead atoms. The van der Waals surface area contributed by atoms with Gasteiger partial charge in [0.05, 0.1) is 18.2 Å². The zero-order valence-corrected chi connectivity index (χ0v) is 32.7. The molecule has 0 amide bonds. The smallest absolute Gasteiger partial charge is 0.309 e. The highest BCUT2D eigenvalue weighted by Crippen LogP contribution is 2.22. The highest BCUT2D eigenvalue weighted by molar-refractivity contribution is 8.13. The standard InChI is InChI=1S/C9H7NO3.C8H6ClNO3S.C8H8N2O3S.C8H7NO3S.C2H3N.3CH4/c11-9(12)5-7-6-3-1-2-4-8(6)13-10-7;2*9-14(11,12)5-7-6-3-1-2-4-8(6)13-10-7;10-13(11)5-7-6-3-1-2-4-8(6)12-9-7;1-2-3;;;/h1-4H,5H2,(H,11,12);1-4H,5H2;1-4H,5H2,(H2,9,11,12);1-4H,5H2,(H,10,11);1H3;3*1H4. The fraction of sp³-hybridized carbons (Fsp3) is 0.211. The molecule has 0 saturated carbocycles. The van der Waals surface area contributed by atoms with Crippen molar-refractivity contribution in [3.05, 3.63) is 120 Å². The van der Waals surface area contributed by atoms with E-state index in [0.29, 0.717) is 55.9 Å². The quantitative estimate of drug-likeness (QED) is 0.0962. The van der Waals surface area contributed by atoms with E-state index in [1.165, 1.54) is 6.92 Å². The van der Waals surface area contributed by atoms with Gasteiger partial charge in [0.1, 0.15) is 34.3 Å². The van der Waals surface area contributed by atoms with Crippen molar-refractivity contribution in [2.75, 3.05) is 0 Å². The molecule has 8 rings (SSSR count). The molecule has 4 aromatic carbocycles. The Morgan fingerprint density at radius 1 is 0.667 bits per heavy atom. The Hall–Kier alpha value is -6.02. The lowest BCUT2D eigenvalue weighted by Crippen LogP contribution is -2.14. The van der Waals surface area contributed by atoms with Crippen molar-refractivity contribution in [2.24, 2.45) is 5.14 Å². The molecule has 8 aromatic rings. The molecule has 18 nitrogen and oxygen atoms in total. The maximum absolute atomic E-state index is 10.8. The van der Waals surface area contributed by atoms with Gasteiger partial charge in [0.25, 0.3) is 0 Å². The number of carboxylic acid groups (broad SMARTS) is 1. The van der Waals surface area contributed by atoms with Crippen molar-refractivity contribution in [1.29, 1.82) is 5.26 Å². The first-order valence-electron chi connectivity index (χ1n) is 15.9. The maximum atomic E-state index is 10.8. The predicted octanol–water partition coefficient (Wildman–Crippen LogP) is 7.96. The van der Waals surface area contributed by atoms with E-state index in [9.17, 15) is 25.8 Å². The van der Waals surface area contributed by atoms with Crippen LogP contribution in [0.3, 0.4) is 0 Å². The highest BCUT2D eigenvalue weighted by Gasteiger charge is 2.15. The molecule has 322 valence electrons. The number of aromatic nitrogens is 4. The Kier molecular flexibility index (Phi) is 20.9. The fourth-order valence-electron chi connectivity index (χ4n) is 4.81. The molecule has 0 aliphatic carbocycles. The first-order chi connectivity index (χ1) is 27.1. The summed E-state index contributed by atoms with van der Waals surface area (Å²) in [5.74, 6) is -1.51. The second-order valence-corrected chi connectivity index (χ2v) is 16.6. The van der Waals surface area contributed by atoms with E-state index in [-0.39, 0.29) is 46.0 Å². The minimum absolute atomic E-state index is 0. The van der Waals surface area contributed by atoms with Gasteiger partial charge in [-0.05, 0) is 48.5 Å². The maximum Gasteiger partial charge on any atom is 0.309 e. The lowest BCUT2D eigenvalue weighted by atomic mass is 10.2. The first-order valence-corrected chi connectivity index (χ1v) is 21.4. The molecule has 0 saturated heterocycles. The van der Waals surface area contributed by atoms with Gasteiger partial charge in [0, 0.05) is 39.2 Å². The van der Waals surface area contributed by atoms with Crippen molar-refractivity contribution in [3.63, 3.8) is 0 Å². The largest absolute Gasteiger partial charge is 0.481 e. The van der Waals surface area contributed by atoms with Crippen LogP contribution in [0.15, 0.2) is 115 Å². The molecule has 4 heterocycles. The summed E-state index contributed by atoms with van der Waals surface area (Å²) < 4.78 is 82.3. The number of rotatable bonds is 8. The van der Waals surface area contributed by atoms with Crippen LogP contribution in [0, 0.1) is 11.3 Å². The zero-order valence-electron chi connectivity index (χ0n) is 29.5. The molecule has 22 heteroatoms. The Labute approximate surface area is 352 Å². The molecule has 4 aromatic heterocycles. The fourth-order valence-corrected chi connectivity index (χ4v) is 6.68. The second kappa shape index (κ2) is 24.2. The van der Waals surface area contributed by atoms with Crippen LogP contribution in [-0.4, -0.2) is 57.3 Å². The van der Waals surface area contributed by atoms with Crippen LogP contribution in [0.25, 0.3) is 43.9 Å². The Balaban J connectivity index is 0.000000385. The number of para-hydroxylation sites is 4. The number of hydrogen-bond acceptors (Lipinski definition) is 15. The van der Waals surface area contributed by atoms with Crippen LogP contribution >= 0.6 is 10.7 Å². The summed E-state index contributed by atoms with van der Waals surface area (Å²) in [6.07, 6.45) is -0.100. The number of carboxylic acids is 1. The number of nitrogens with two attached hydrogens (primary N) is 1. The number of primary sulfonamides is 1. The Bertz CT molecular complexity index is 2690. The molecule has 1 atom stereocenters. The molecule has 0 spiro atoms. The number of halogens is 1. The third kappa shape index (κ3) is 16.0. The number of sulfonamides is 1. The van der Waals surface area contributed by atoms with Crippen molar-refractivity contribution in [3.8, 4) is 6.07 Å². The van der Waals surface area contributed by atoms with Crippen LogP contribution in [0.4, 0.5) is 0 Å². The summed E-state index contributed by atoms with van der Waals surface area (Å²) in [7, 11) is -2.03. The topological polar surface area (TPSA) is 297 Å². The second-order valence-electron chi connectivity index (χ2n) is 11.3. The SMILES string of the molecule is C.C.C.CC#N.NS(=O)(=O)Cc1noc2ccccc12.O=C(O)Cc1noc2ccccc12.O=S(=O)(Cl)Cc1noc2ccccc12.O=S(O)Cc1noc2ccccc12. The van der Waals surface area contributed by atoms with E-state index in [0.717, 1.165) is 10.8 Å². The number of benzene rings is 4. The molecule has 60 heavy (non-hydrogen) atoms. The first kappa shape index (κ1) is 52.0. The summed E-state index contributed by atoms with van der Waals surface area (Å²) in [5.41, 5.74) is 4.08. The van der Waals surface area contributed by atoms with Gasteiger partial charge >= 0.3 is 5.97 Å². The van der Waals surface area contributed by atoms with Crippen molar-refractivity contribution < 1.29 is 53.6 Å². The normalized spacial score (nSPS) is 10.9. The number of nitrogens with zero attached hydrogens (tertiary/aromatic N) is 5. The van der Waals surface area contributed by atoms with Crippen molar-refractivity contribution in [1.82, 2.24) is 20.6 Å². The molecular formula is C38H43ClN6O12S3. The van der Waals surface area contributed by atoms with E-state index in [1.54, 1.807) is 72.8 Å². The third-order valence-electron chi connectivity index (χ3n) is 7.03. The van der Waals surface area contributed by atoms with Crippen molar-refractivity contribution in [2.45, 2.75) is 52.9 Å². The predicted molar refractivity (Wildman–Crippen MR) is 229 cm³/mol. The summed E-state index contributed by atoms with van der Waals surface area (Å²) in [4.78, 5) is 10.4. The molecule has 0 aliphatic rings. The molecule has 0 fully saturated rings. The van der Waals surface area contributed by atoms with Gasteiger partial charge < -0.3 is 27.8 Å². The minimum atomic E-state index is -3.59. The van der Waals surface area contributed by atoms with Gasteiger partial charge in [0.15, 0.2) is 33.4 Å². The van der Waals surface area contributed by atoms with E-state index < -0.39 is 36.1 Å². The van der Waals surface area contributed by atoms with E-state index in [2.05, 4.69) is 20.6 Å². The molecule has 0 radical (unpaired) electrons. The molecule has 4 N–H and O–H groups in total. The average molecular weight is 907 g/mol. The molecular weight excluding hydrogens is 864 g/mol. The van der Waals surface area contributed by atoms with Gasteiger partial charge in [-0.3, -0.25) is 4.79 Å². The monoisotopic (exact) mass is 906 g/mol. The third-order valence-corrected chi connectivity index (χ3v) is 9.18. The highest BCUT2D eigenvalue weighted by atomic mass is 35.7. The summed E-state index contributed by atoms with van der Waals surface area (Å²) in [6.45, 7) is 1.43. The lowest BCUT2D eigenvalue weighted by Gasteiger charge is -1.92. The number of nitriles is 1. The molecule has 1 unspecified atom stereocenters. The zero-order chi connectivity index (χ0) is 41.6. The lowest BCUT2D eigenvalue weighted by molar-refractivity contribution is -0.136. The van der Waals surface area contributed by atoms with Gasteiger partial charge in [-0.2, -0.15) is 5.26 Å². The van der Waals surface area contributed by atoms with Gasteiger partial charge in [0.2, 0.25) is 19.1 Å². The Morgan fingerprint density at radius 3 is 1.30 bits per heavy atom. The molecule has 0 aliphatic heterocycles. The summed E-state index contributed by atoms with van der Waals surface area (Å²) in [6, 6.07) is 30.2. The summed E-state index contributed by atoms with van der Waals surface area (Å²) in [5, 5.41) is 38.4. The van der Waals surface area contributed by atoms with Crippen LogP contribution in [0.1, 0.15) is 52.0 Å². The van der Waals surface area contributed by atoms with Crippen LogP contribution in [-0.2, 0) is 58.6 Å². The van der Waals surface area contributed by atoms with Crippen molar-refractivity contribution >= 4 is 90.7 Å². The Morgan fingerprint density at radius 2 is 0.967 bits per heavy atom. The average Bonchev–Trinajstić information content (AvgIpc) is 3.95. The van der Waals surface area contributed by atoms with Gasteiger partial charge in [-0.25, -0.2) is 26.2 Å². The number of carbonyl (C=O) groups is 1. The van der Waals surface area contributed by atoms with Gasteiger partial charge in [-0.1, -0.05) is 91.4 Å². The minimum Gasteiger partial charge on any atom is -0.481 e. The number of aliphatic carboxylic acids is 1. The van der Waals surface area contributed by atoms with E-state index >= 15 is 0 Å². The summed E-state index contributed by atoms with van der Waals surface area (Å²) >= 11 is -1.87. The van der Waals surface area contributed by atoms with E-state index in [4.69, 9.17) is 48.8 Å². The van der Waals surface area contributed by atoms with Crippen LogP contribution in [0.2, 0.25) is 0 Å². The van der Waals surface area contributed by atoms with E-state index in [1.807, 2.05) is 30.3 Å². The van der Waals surface area contributed by atoms with Crippen LogP contribution in [0.5, 0.6) is 0 Å². The number of hydrogen-bond donors (Lipinski definition) is 3. The van der Waals surface area contributed by atoms with Gasteiger partial charge in [-0.15, -0.1) is 0 Å². The van der Waals surface area contributed by atoms with Crippen LogP contribution < -0.4 is 5.14 Å². The number of fused-ring (bicyclic) bond motifs is 4.